The number of aromatic carboxylic acids is 1. The van der Waals surface area contributed by atoms with E-state index in [0.29, 0.717) is 0 Å². The van der Waals surface area contributed by atoms with E-state index in [1.165, 1.54) is 31.3 Å². The zero-order chi connectivity index (χ0) is 16.5. The molecular formula is C14H11BrFNO4S. The first-order chi connectivity index (χ1) is 10.2. The number of nitrogens with zero attached hydrogens (tertiary/aromatic N) is 1. The van der Waals surface area contributed by atoms with Crippen molar-refractivity contribution in [1.29, 1.82) is 0 Å². The first kappa shape index (κ1) is 16.4. The number of carboxylic acids is 1. The van der Waals surface area contributed by atoms with E-state index >= 15 is 0 Å². The van der Waals surface area contributed by atoms with Gasteiger partial charge >= 0.3 is 5.97 Å². The Morgan fingerprint density at radius 1 is 1.18 bits per heavy atom. The summed E-state index contributed by atoms with van der Waals surface area (Å²) >= 11 is 3.06. The van der Waals surface area contributed by atoms with Crippen LogP contribution in [0.1, 0.15) is 10.4 Å². The van der Waals surface area contributed by atoms with Gasteiger partial charge in [-0.2, -0.15) is 0 Å². The van der Waals surface area contributed by atoms with E-state index in [0.717, 1.165) is 22.5 Å². The van der Waals surface area contributed by atoms with E-state index in [2.05, 4.69) is 15.9 Å². The molecule has 0 saturated heterocycles. The van der Waals surface area contributed by atoms with Crippen LogP contribution < -0.4 is 4.31 Å². The van der Waals surface area contributed by atoms with Crippen molar-refractivity contribution >= 4 is 37.6 Å². The highest BCUT2D eigenvalue weighted by Crippen LogP contribution is 2.26. The Bertz CT molecular complexity index is 821. The minimum Gasteiger partial charge on any atom is -0.478 e. The molecule has 22 heavy (non-hydrogen) atoms. The lowest BCUT2D eigenvalue weighted by atomic mass is 10.2. The summed E-state index contributed by atoms with van der Waals surface area (Å²) in [5.74, 6) is -1.72. The van der Waals surface area contributed by atoms with Gasteiger partial charge in [0.15, 0.2) is 0 Å². The number of sulfonamides is 1. The van der Waals surface area contributed by atoms with E-state index in [1.807, 2.05) is 0 Å². The van der Waals surface area contributed by atoms with Crippen molar-refractivity contribution in [2.75, 3.05) is 11.4 Å². The quantitative estimate of drug-likeness (QED) is 0.874. The molecule has 2 aromatic rings. The molecular weight excluding hydrogens is 377 g/mol. The van der Waals surface area contributed by atoms with Crippen molar-refractivity contribution in [2.45, 2.75) is 4.90 Å². The molecule has 0 radical (unpaired) electrons. The van der Waals surface area contributed by atoms with Gasteiger partial charge in [0.05, 0.1) is 16.1 Å². The van der Waals surface area contributed by atoms with E-state index in [9.17, 15) is 17.6 Å². The molecule has 0 aliphatic carbocycles. The highest BCUT2D eigenvalue weighted by molar-refractivity contribution is 9.10. The second kappa shape index (κ2) is 6.05. The van der Waals surface area contributed by atoms with Gasteiger partial charge in [-0.15, -0.1) is 0 Å². The predicted molar refractivity (Wildman–Crippen MR) is 83.1 cm³/mol. The fourth-order valence-electron chi connectivity index (χ4n) is 1.78. The molecule has 0 fully saturated rings. The van der Waals surface area contributed by atoms with E-state index in [-0.39, 0.29) is 20.6 Å². The molecule has 0 bridgehead atoms. The molecule has 0 aliphatic rings. The zero-order valence-electron chi connectivity index (χ0n) is 11.3. The SMILES string of the molecule is CN(c1ccc(F)cc1)S(=O)(=O)c1ccc(Br)c(C(=O)O)c1. The molecule has 0 heterocycles. The second-order valence-corrected chi connectivity index (χ2v) is 7.22. The fourth-order valence-corrected chi connectivity index (χ4v) is 3.42. The zero-order valence-corrected chi connectivity index (χ0v) is 13.7. The van der Waals surface area contributed by atoms with Crippen LogP contribution in [-0.2, 0) is 10.0 Å². The van der Waals surface area contributed by atoms with Crippen molar-refractivity contribution in [1.82, 2.24) is 0 Å². The summed E-state index contributed by atoms with van der Waals surface area (Å²) in [6.45, 7) is 0. The molecule has 2 rings (SSSR count). The summed E-state index contributed by atoms with van der Waals surface area (Å²) in [7, 11) is -2.64. The molecule has 0 unspecified atom stereocenters. The van der Waals surface area contributed by atoms with Crippen LogP contribution in [-0.4, -0.2) is 26.5 Å². The van der Waals surface area contributed by atoms with Gasteiger partial charge < -0.3 is 5.11 Å². The Kier molecular flexibility index (Phi) is 4.52. The Hall–Kier alpha value is -1.93. The Balaban J connectivity index is 2.48. The van der Waals surface area contributed by atoms with Gasteiger partial charge in [-0.25, -0.2) is 17.6 Å². The average Bonchev–Trinajstić information content (AvgIpc) is 2.47. The van der Waals surface area contributed by atoms with Crippen LogP contribution in [0.15, 0.2) is 51.8 Å². The predicted octanol–water partition coefficient (Wildman–Crippen LogP) is 3.11. The second-order valence-electron chi connectivity index (χ2n) is 4.40. The van der Waals surface area contributed by atoms with Crippen LogP contribution in [0.3, 0.4) is 0 Å². The highest BCUT2D eigenvalue weighted by atomic mass is 79.9. The summed E-state index contributed by atoms with van der Waals surface area (Å²) in [5.41, 5.74) is 0.106. The number of anilines is 1. The minimum absolute atomic E-state index is 0.159. The number of halogens is 2. The van der Waals surface area contributed by atoms with E-state index < -0.39 is 21.8 Å². The summed E-state index contributed by atoms with van der Waals surface area (Å²) in [4.78, 5) is 10.9. The van der Waals surface area contributed by atoms with Gasteiger partial charge in [0.2, 0.25) is 0 Å². The average molecular weight is 388 g/mol. The van der Waals surface area contributed by atoms with Crippen molar-refractivity contribution in [3.8, 4) is 0 Å². The Labute approximate surface area is 135 Å². The first-order valence-electron chi connectivity index (χ1n) is 6.01. The standard InChI is InChI=1S/C14H11BrFNO4S/c1-17(10-4-2-9(16)3-5-10)22(20,21)11-6-7-13(15)12(8-11)14(18)19/h2-8H,1H3,(H,18,19). The van der Waals surface area contributed by atoms with Crippen molar-refractivity contribution in [3.05, 3.63) is 58.3 Å². The van der Waals surface area contributed by atoms with Crippen molar-refractivity contribution in [3.63, 3.8) is 0 Å². The van der Waals surface area contributed by atoms with Gasteiger partial charge in [0.25, 0.3) is 10.0 Å². The molecule has 0 saturated carbocycles. The van der Waals surface area contributed by atoms with Crippen LogP contribution in [0.4, 0.5) is 10.1 Å². The Morgan fingerprint density at radius 2 is 1.77 bits per heavy atom. The maximum Gasteiger partial charge on any atom is 0.336 e. The third kappa shape index (κ3) is 3.12. The molecule has 8 heteroatoms. The Morgan fingerprint density at radius 3 is 2.32 bits per heavy atom. The normalized spacial score (nSPS) is 11.2. The molecule has 0 aromatic heterocycles. The van der Waals surface area contributed by atoms with Gasteiger partial charge in [-0.1, -0.05) is 0 Å². The number of hydrogen-bond acceptors (Lipinski definition) is 3. The molecule has 0 spiro atoms. The highest BCUT2D eigenvalue weighted by Gasteiger charge is 2.23. The molecule has 0 atom stereocenters. The van der Waals surface area contributed by atoms with E-state index in [1.54, 1.807) is 0 Å². The number of carboxylic acid groups (broad SMARTS) is 1. The van der Waals surface area contributed by atoms with Gasteiger partial charge in [0, 0.05) is 11.5 Å². The van der Waals surface area contributed by atoms with Crippen LogP contribution >= 0.6 is 15.9 Å². The molecule has 1 N–H and O–H groups in total. The smallest absolute Gasteiger partial charge is 0.336 e. The summed E-state index contributed by atoms with van der Waals surface area (Å²) < 4.78 is 39.2. The molecule has 2 aromatic carbocycles. The maximum atomic E-state index is 12.9. The van der Waals surface area contributed by atoms with Crippen LogP contribution in [0.5, 0.6) is 0 Å². The number of hydrogen-bond donors (Lipinski definition) is 1. The van der Waals surface area contributed by atoms with Crippen molar-refractivity contribution in [2.24, 2.45) is 0 Å². The monoisotopic (exact) mass is 387 g/mol. The summed E-state index contributed by atoms with van der Waals surface area (Å²) in [6.07, 6.45) is 0. The largest absolute Gasteiger partial charge is 0.478 e. The van der Waals surface area contributed by atoms with Crippen molar-refractivity contribution < 1.29 is 22.7 Å². The lowest BCUT2D eigenvalue weighted by Gasteiger charge is -2.19. The van der Waals surface area contributed by atoms with Crippen LogP contribution in [0.2, 0.25) is 0 Å². The fraction of sp³-hybridized carbons (Fsp3) is 0.0714. The number of rotatable bonds is 4. The molecule has 116 valence electrons. The topological polar surface area (TPSA) is 74.7 Å². The lowest BCUT2D eigenvalue weighted by molar-refractivity contribution is 0.0695. The molecule has 0 amide bonds. The van der Waals surface area contributed by atoms with Gasteiger partial charge in [0.1, 0.15) is 5.82 Å². The first-order valence-corrected chi connectivity index (χ1v) is 8.24. The third-order valence-corrected chi connectivity index (χ3v) is 5.49. The summed E-state index contributed by atoms with van der Waals surface area (Å²) in [6, 6.07) is 8.66. The lowest BCUT2D eigenvalue weighted by Crippen LogP contribution is -2.26. The molecule has 0 aliphatic heterocycles. The van der Waals surface area contributed by atoms with Crippen LogP contribution in [0.25, 0.3) is 0 Å². The number of benzene rings is 2. The van der Waals surface area contributed by atoms with Crippen LogP contribution in [0, 0.1) is 5.82 Å². The molecule has 5 nitrogen and oxygen atoms in total. The minimum atomic E-state index is -3.95. The van der Waals surface area contributed by atoms with E-state index in [4.69, 9.17) is 5.11 Å². The maximum absolute atomic E-state index is 12.9. The number of carbonyl (C=O) groups is 1. The van der Waals surface area contributed by atoms with Gasteiger partial charge in [-0.05, 0) is 58.4 Å². The van der Waals surface area contributed by atoms with Gasteiger partial charge in [-0.3, -0.25) is 4.31 Å². The third-order valence-electron chi connectivity index (χ3n) is 3.02. The summed E-state index contributed by atoms with van der Waals surface area (Å²) in [5, 5.41) is 9.06.